The number of hydrogen-bond acceptors (Lipinski definition) is 4. The molecule has 0 aliphatic rings. The summed E-state index contributed by atoms with van der Waals surface area (Å²) in [5.41, 5.74) is 0.972. The third-order valence-electron chi connectivity index (χ3n) is 2.66. The predicted octanol–water partition coefficient (Wildman–Crippen LogP) is 3.79. The van der Waals surface area contributed by atoms with Crippen LogP contribution >= 0.6 is 0 Å². The van der Waals surface area contributed by atoms with Crippen molar-refractivity contribution < 1.29 is 27.9 Å². The van der Waals surface area contributed by atoms with Crippen LogP contribution in [0, 0.1) is 0 Å². The zero-order valence-corrected chi connectivity index (χ0v) is 12.0. The first-order chi connectivity index (χ1) is 10.5. The molecule has 0 spiro atoms. The smallest absolute Gasteiger partial charge is 0.389 e. The molecule has 1 aromatic rings. The Labute approximate surface area is 126 Å². The summed E-state index contributed by atoms with van der Waals surface area (Å²) < 4.78 is 46.3. The number of benzene rings is 1. The zero-order chi connectivity index (χ0) is 16.4. The van der Waals surface area contributed by atoms with Crippen molar-refractivity contribution in [2.45, 2.75) is 19.0 Å². The first kappa shape index (κ1) is 18.0. The molecule has 0 atom stereocenters. The van der Waals surface area contributed by atoms with Gasteiger partial charge in [-0.2, -0.15) is 13.2 Å². The lowest BCUT2D eigenvalue weighted by atomic mass is 10.1. The third-order valence-corrected chi connectivity index (χ3v) is 2.66. The molecule has 0 aliphatic heterocycles. The first-order valence-electron chi connectivity index (χ1n) is 6.66. The van der Waals surface area contributed by atoms with Crippen LogP contribution in [0.15, 0.2) is 42.1 Å². The summed E-state index contributed by atoms with van der Waals surface area (Å²) in [5.74, 6) is 0.454. The highest BCUT2D eigenvalue weighted by molar-refractivity contribution is 6.01. The van der Waals surface area contributed by atoms with Gasteiger partial charge in [-0.05, 0) is 30.7 Å². The minimum atomic E-state index is -4.16. The molecular formula is C15H18F3NO3. The molecule has 4 nitrogen and oxygen atoms in total. The van der Waals surface area contributed by atoms with Gasteiger partial charge in [0.05, 0.1) is 19.8 Å². The second-order valence-electron chi connectivity index (χ2n) is 4.44. The van der Waals surface area contributed by atoms with Crippen molar-refractivity contribution in [1.82, 2.24) is 0 Å². The second kappa shape index (κ2) is 9.09. The summed E-state index contributed by atoms with van der Waals surface area (Å²) >= 11 is 0. The minimum absolute atomic E-state index is 0.0117. The van der Waals surface area contributed by atoms with Crippen molar-refractivity contribution >= 4 is 5.71 Å². The van der Waals surface area contributed by atoms with E-state index in [0.717, 1.165) is 0 Å². The van der Waals surface area contributed by atoms with Gasteiger partial charge in [0.25, 0.3) is 0 Å². The number of alkyl halides is 3. The molecule has 22 heavy (non-hydrogen) atoms. The fourth-order valence-corrected chi connectivity index (χ4v) is 1.62. The summed E-state index contributed by atoms with van der Waals surface area (Å²) in [6.45, 7) is 3.94. The maximum Gasteiger partial charge on any atom is 0.389 e. The summed E-state index contributed by atoms with van der Waals surface area (Å²) in [6.07, 6.45) is -3.55. The lowest BCUT2D eigenvalue weighted by Crippen LogP contribution is -2.11. The first-order valence-corrected chi connectivity index (χ1v) is 6.66. The average molecular weight is 317 g/mol. The highest BCUT2D eigenvalue weighted by atomic mass is 19.4. The van der Waals surface area contributed by atoms with Crippen LogP contribution < -0.4 is 4.74 Å². The molecule has 0 radical (unpaired) electrons. The molecule has 0 aromatic heterocycles. The largest absolute Gasteiger partial charge is 0.494 e. The van der Waals surface area contributed by atoms with Gasteiger partial charge in [-0.3, -0.25) is 0 Å². The van der Waals surface area contributed by atoms with Crippen LogP contribution in [-0.4, -0.2) is 36.9 Å². The molecule has 0 fully saturated rings. The van der Waals surface area contributed by atoms with E-state index in [1.54, 1.807) is 30.3 Å². The van der Waals surface area contributed by atoms with E-state index < -0.39 is 12.6 Å². The number of hydrogen-bond donors (Lipinski definition) is 1. The SMILES string of the molecule is C=CCOC/C(=N\O)c1ccc(OCCCC(F)(F)F)cc1. The molecular weight excluding hydrogens is 299 g/mol. The lowest BCUT2D eigenvalue weighted by Gasteiger charge is -2.09. The van der Waals surface area contributed by atoms with Gasteiger partial charge in [0.1, 0.15) is 11.5 Å². The Kier molecular flexibility index (Phi) is 7.45. The van der Waals surface area contributed by atoms with E-state index >= 15 is 0 Å². The van der Waals surface area contributed by atoms with E-state index in [2.05, 4.69) is 11.7 Å². The van der Waals surface area contributed by atoms with E-state index in [0.29, 0.717) is 23.6 Å². The predicted molar refractivity (Wildman–Crippen MR) is 76.6 cm³/mol. The van der Waals surface area contributed by atoms with Gasteiger partial charge < -0.3 is 14.7 Å². The molecule has 1 rings (SSSR count). The number of ether oxygens (including phenoxy) is 2. The quantitative estimate of drug-likeness (QED) is 0.248. The molecule has 0 saturated heterocycles. The standard InChI is InChI=1S/C15H18F3NO3/c1-2-9-21-11-14(19-20)12-4-6-13(7-5-12)22-10-3-8-15(16,17)18/h2,4-7,20H,1,3,8-11H2/b19-14+. The molecule has 1 aromatic carbocycles. The van der Waals surface area contributed by atoms with Crippen LogP contribution in [0.3, 0.4) is 0 Å². The van der Waals surface area contributed by atoms with E-state index in [9.17, 15) is 13.2 Å². The van der Waals surface area contributed by atoms with Gasteiger partial charge in [-0.15, -0.1) is 6.58 Å². The van der Waals surface area contributed by atoms with Gasteiger partial charge in [0.2, 0.25) is 0 Å². The Bertz CT molecular complexity index is 484. The van der Waals surface area contributed by atoms with Crippen molar-refractivity contribution in [3.05, 3.63) is 42.5 Å². The number of nitrogens with zero attached hydrogens (tertiary/aromatic N) is 1. The average Bonchev–Trinajstić information content (AvgIpc) is 2.48. The normalized spacial score (nSPS) is 12.2. The Morgan fingerprint density at radius 3 is 2.50 bits per heavy atom. The summed E-state index contributed by atoms with van der Waals surface area (Å²) in [5, 5.41) is 12.1. The third kappa shape index (κ3) is 7.12. The van der Waals surface area contributed by atoms with Gasteiger partial charge >= 0.3 is 6.18 Å². The molecule has 0 unspecified atom stereocenters. The Hall–Kier alpha value is -2.02. The topological polar surface area (TPSA) is 51.0 Å². The van der Waals surface area contributed by atoms with Crippen molar-refractivity contribution in [2.75, 3.05) is 19.8 Å². The molecule has 0 amide bonds. The van der Waals surface area contributed by atoms with Gasteiger partial charge in [-0.25, -0.2) is 0 Å². The van der Waals surface area contributed by atoms with Crippen LogP contribution in [0.5, 0.6) is 5.75 Å². The van der Waals surface area contributed by atoms with Crippen LogP contribution in [0.4, 0.5) is 13.2 Å². The minimum Gasteiger partial charge on any atom is -0.494 e. The molecule has 1 N–H and O–H groups in total. The van der Waals surface area contributed by atoms with Gasteiger partial charge in [0, 0.05) is 12.0 Å². The Morgan fingerprint density at radius 1 is 1.27 bits per heavy atom. The Balaban J connectivity index is 2.46. The summed E-state index contributed by atoms with van der Waals surface area (Å²) in [4.78, 5) is 0. The summed E-state index contributed by atoms with van der Waals surface area (Å²) in [7, 11) is 0. The molecule has 0 bridgehead atoms. The highest BCUT2D eigenvalue weighted by Crippen LogP contribution is 2.21. The number of rotatable bonds is 9. The molecule has 0 heterocycles. The number of halogens is 3. The van der Waals surface area contributed by atoms with Crippen LogP contribution in [-0.2, 0) is 4.74 Å². The molecule has 0 saturated carbocycles. The molecule has 122 valence electrons. The van der Waals surface area contributed by atoms with E-state index in [1.807, 2.05) is 0 Å². The second-order valence-corrected chi connectivity index (χ2v) is 4.44. The van der Waals surface area contributed by atoms with E-state index in [-0.39, 0.29) is 19.6 Å². The van der Waals surface area contributed by atoms with E-state index in [1.165, 1.54) is 0 Å². The van der Waals surface area contributed by atoms with Gasteiger partial charge in [-0.1, -0.05) is 11.2 Å². The van der Waals surface area contributed by atoms with Crippen molar-refractivity contribution in [1.29, 1.82) is 0 Å². The van der Waals surface area contributed by atoms with Crippen LogP contribution in [0.25, 0.3) is 0 Å². The lowest BCUT2D eigenvalue weighted by molar-refractivity contribution is -0.136. The zero-order valence-electron chi connectivity index (χ0n) is 12.0. The van der Waals surface area contributed by atoms with E-state index in [4.69, 9.17) is 14.7 Å². The van der Waals surface area contributed by atoms with Gasteiger partial charge in [0.15, 0.2) is 0 Å². The highest BCUT2D eigenvalue weighted by Gasteiger charge is 2.26. The van der Waals surface area contributed by atoms with Crippen LogP contribution in [0.1, 0.15) is 18.4 Å². The summed E-state index contributed by atoms with van der Waals surface area (Å²) in [6, 6.07) is 6.49. The van der Waals surface area contributed by atoms with Crippen molar-refractivity contribution in [3.8, 4) is 5.75 Å². The van der Waals surface area contributed by atoms with Crippen molar-refractivity contribution in [2.24, 2.45) is 5.16 Å². The Morgan fingerprint density at radius 2 is 1.95 bits per heavy atom. The van der Waals surface area contributed by atoms with Crippen LogP contribution in [0.2, 0.25) is 0 Å². The fraction of sp³-hybridized carbons (Fsp3) is 0.400. The molecule has 0 aliphatic carbocycles. The maximum atomic E-state index is 12.0. The monoisotopic (exact) mass is 317 g/mol. The fourth-order valence-electron chi connectivity index (χ4n) is 1.62. The molecule has 7 heteroatoms. The van der Waals surface area contributed by atoms with Crippen molar-refractivity contribution in [3.63, 3.8) is 0 Å². The number of oxime groups is 1. The maximum absolute atomic E-state index is 12.0.